The molecule has 5 rings (SSSR count). The number of primary amides is 1. The number of methoxy groups -OCH3 is 1. The largest absolute Gasteiger partial charge is 0.496 e. The van der Waals surface area contributed by atoms with Crippen LogP contribution in [0.25, 0.3) is 10.9 Å². The Morgan fingerprint density at radius 3 is 2.41 bits per heavy atom. The number of nitrogens with zero attached hydrogens (tertiary/aromatic N) is 1. The van der Waals surface area contributed by atoms with Crippen LogP contribution < -0.4 is 31.0 Å². The van der Waals surface area contributed by atoms with Crippen molar-refractivity contribution in [1.29, 1.82) is 0 Å². The lowest BCUT2D eigenvalue weighted by Crippen LogP contribution is -2.17. The van der Waals surface area contributed by atoms with Crippen molar-refractivity contribution >= 4 is 40.2 Å². The van der Waals surface area contributed by atoms with Crippen LogP contribution >= 0.6 is 11.6 Å². The minimum atomic E-state index is -0.681. The fourth-order valence-electron chi connectivity index (χ4n) is 4.01. The molecule has 0 bridgehead atoms. The van der Waals surface area contributed by atoms with E-state index >= 15 is 0 Å². The molecule has 1 aliphatic rings. The summed E-state index contributed by atoms with van der Waals surface area (Å²) in [7, 11) is 1.45. The van der Waals surface area contributed by atoms with Crippen LogP contribution in [0.3, 0.4) is 0 Å². The first kappa shape index (κ1) is 24.4. The van der Waals surface area contributed by atoms with Gasteiger partial charge < -0.3 is 25.7 Å². The average molecular weight is 519 g/mol. The Morgan fingerprint density at radius 2 is 1.76 bits per heavy atom. The van der Waals surface area contributed by atoms with Gasteiger partial charge in [-0.15, -0.1) is 0 Å². The highest BCUT2D eigenvalue weighted by Gasteiger charge is 2.34. The molecule has 2 unspecified atom stereocenters. The van der Waals surface area contributed by atoms with Gasteiger partial charge in [0.15, 0.2) is 0 Å². The summed E-state index contributed by atoms with van der Waals surface area (Å²) in [6.07, 6.45) is 1.86. The van der Waals surface area contributed by atoms with Crippen LogP contribution in [0, 0.1) is 0 Å². The number of hydrogen-bond donors (Lipinski definition) is 3. The minimum absolute atomic E-state index is 0.203. The van der Waals surface area contributed by atoms with Gasteiger partial charge >= 0.3 is 6.09 Å². The molecule has 1 aliphatic carbocycles. The number of nitrogens with one attached hydrogen (secondary N) is 1. The SMILES string of the molecule is COc1cc2nccc(Oc3ccc(NC(=O)Oc4ccc(C5CC5N)cc4)c(Cl)c3)c2cc1C(N)=O. The van der Waals surface area contributed by atoms with E-state index < -0.39 is 12.0 Å². The third kappa shape index (κ3) is 5.28. The van der Waals surface area contributed by atoms with Gasteiger partial charge in [0.25, 0.3) is 5.91 Å². The molecule has 37 heavy (non-hydrogen) atoms. The highest BCUT2D eigenvalue weighted by Crippen LogP contribution is 2.39. The average Bonchev–Trinajstić information content (AvgIpc) is 3.61. The molecule has 5 N–H and O–H groups in total. The number of nitrogens with two attached hydrogens (primary N) is 2. The number of ether oxygens (including phenoxy) is 3. The normalized spacial score (nSPS) is 16.2. The number of hydrogen-bond acceptors (Lipinski definition) is 7. The standard InChI is InChI=1S/C27H23ClN4O5/c1-35-25-13-23-18(11-19(25)26(30)33)24(8-9-31-23)36-16-6-7-22(20(28)10-16)32-27(34)37-15-4-2-14(3-5-15)17-12-21(17)29/h2-11,13,17,21H,12,29H2,1H3,(H2,30,33)(H,32,34). The number of anilines is 1. The van der Waals surface area contributed by atoms with Gasteiger partial charge in [-0.3, -0.25) is 15.1 Å². The van der Waals surface area contributed by atoms with Crippen molar-refractivity contribution in [3.63, 3.8) is 0 Å². The Labute approximate surface area is 217 Å². The van der Waals surface area contributed by atoms with Gasteiger partial charge in [-0.25, -0.2) is 4.79 Å². The molecule has 1 heterocycles. The molecule has 1 fully saturated rings. The quantitative estimate of drug-likeness (QED) is 0.305. The van der Waals surface area contributed by atoms with E-state index in [1.807, 2.05) is 12.1 Å². The van der Waals surface area contributed by atoms with Gasteiger partial charge in [-0.05, 0) is 48.4 Å². The molecule has 10 heteroatoms. The predicted octanol–water partition coefficient (Wildman–Crippen LogP) is 5.21. The number of benzene rings is 3. The monoisotopic (exact) mass is 518 g/mol. The van der Waals surface area contributed by atoms with Gasteiger partial charge in [-0.2, -0.15) is 0 Å². The summed E-state index contributed by atoms with van der Waals surface area (Å²) in [4.78, 5) is 28.5. The molecule has 0 spiro atoms. The van der Waals surface area contributed by atoms with Crippen LogP contribution in [-0.4, -0.2) is 30.1 Å². The molecule has 2 atom stereocenters. The van der Waals surface area contributed by atoms with Crippen LogP contribution in [0.15, 0.2) is 66.9 Å². The number of carbonyl (C=O) groups excluding carboxylic acids is 2. The third-order valence-electron chi connectivity index (χ3n) is 6.05. The lowest BCUT2D eigenvalue weighted by Gasteiger charge is -2.13. The number of pyridine rings is 1. The van der Waals surface area contributed by atoms with Gasteiger partial charge in [0.1, 0.15) is 23.0 Å². The van der Waals surface area contributed by atoms with E-state index in [0.29, 0.717) is 45.5 Å². The van der Waals surface area contributed by atoms with E-state index in [1.54, 1.807) is 54.7 Å². The van der Waals surface area contributed by atoms with Crippen LogP contribution in [0.5, 0.6) is 23.0 Å². The summed E-state index contributed by atoms with van der Waals surface area (Å²) in [5.74, 6) is 1.30. The molecule has 2 amide bonds. The summed E-state index contributed by atoms with van der Waals surface area (Å²) >= 11 is 6.39. The van der Waals surface area contributed by atoms with Crippen LogP contribution in [0.1, 0.15) is 28.3 Å². The molecule has 0 radical (unpaired) electrons. The molecule has 4 aromatic rings. The van der Waals surface area contributed by atoms with Crippen molar-refractivity contribution in [3.8, 4) is 23.0 Å². The van der Waals surface area contributed by atoms with Crippen LogP contribution in [0.4, 0.5) is 10.5 Å². The summed E-state index contributed by atoms with van der Waals surface area (Å²) in [5.41, 5.74) is 13.6. The number of carbonyl (C=O) groups is 2. The second kappa shape index (κ2) is 9.96. The molecule has 3 aromatic carbocycles. The highest BCUT2D eigenvalue weighted by molar-refractivity contribution is 6.33. The van der Waals surface area contributed by atoms with Gasteiger partial charge in [0.2, 0.25) is 0 Å². The van der Waals surface area contributed by atoms with Crippen molar-refractivity contribution < 1.29 is 23.8 Å². The Hall–Kier alpha value is -4.34. The zero-order valence-corrected chi connectivity index (χ0v) is 20.5. The number of halogens is 1. The number of amides is 2. The van der Waals surface area contributed by atoms with E-state index in [4.69, 9.17) is 37.3 Å². The molecule has 0 saturated heterocycles. The van der Waals surface area contributed by atoms with E-state index in [9.17, 15) is 9.59 Å². The minimum Gasteiger partial charge on any atom is -0.496 e. The van der Waals surface area contributed by atoms with Gasteiger partial charge in [-0.1, -0.05) is 23.7 Å². The number of rotatable bonds is 7. The Morgan fingerprint density at radius 1 is 1.03 bits per heavy atom. The second-order valence-electron chi connectivity index (χ2n) is 8.58. The first-order valence-electron chi connectivity index (χ1n) is 11.4. The zero-order chi connectivity index (χ0) is 26.1. The highest BCUT2D eigenvalue weighted by atomic mass is 35.5. The Balaban J connectivity index is 1.29. The van der Waals surface area contributed by atoms with Crippen molar-refractivity contribution in [2.24, 2.45) is 11.5 Å². The van der Waals surface area contributed by atoms with Crippen molar-refractivity contribution in [2.45, 2.75) is 18.4 Å². The predicted molar refractivity (Wildman–Crippen MR) is 140 cm³/mol. The first-order valence-corrected chi connectivity index (χ1v) is 11.8. The maximum atomic E-state index is 12.4. The number of fused-ring (bicyclic) bond motifs is 1. The van der Waals surface area contributed by atoms with Crippen LogP contribution in [0.2, 0.25) is 5.02 Å². The smallest absolute Gasteiger partial charge is 0.417 e. The van der Waals surface area contributed by atoms with E-state index in [0.717, 1.165) is 12.0 Å². The molecule has 1 aromatic heterocycles. The molecule has 9 nitrogen and oxygen atoms in total. The van der Waals surface area contributed by atoms with Crippen molar-refractivity contribution in [1.82, 2.24) is 4.98 Å². The maximum absolute atomic E-state index is 12.4. The van der Waals surface area contributed by atoms with E-state index in [2.05, 4.69) is 10.3 Å². The Kier molecular flexibility index (Phi) is 6.56. The summed E-state index contributed by atoms with van der Waals surface area (Å²) < 4.78 is 16.6. The van der Waals surface area contributed by atoms with Crippen molar-refractivity contribution in [3.05, 3.63) is 83.0 Å². The van der Waals surface area contributed by atoms with Gasteiger partial charge in [0, 0.05) is 35.7 Å². The van der Waals surface area contributed by atoms with Gasteiger partial charge in [0.05, 0.1) is 28.9 Å². The summed E-state index contributed by atoms with van der Waals surface area (Å²) in [5, 5.41) is 3.43. The lowest BCUT2D eigenvalue weighted by atomic mass is 10.1. The Bertz CT molecular complexity index is 1510. The fourth-order valence-corrected chi connectivity index (χ4v) is 4.23. The lowest BCUT2D eigenvalue weighted by molar-refractivity contribution is 0.0997. The topological polar surface area (TPSA) is 139 Å². The van der Waals surface area contributed by atoms with Crippen molar-refractivity contribution in [2.75, 3.05) is 12.4 Å². The summed E-state index contributed by atoms with van der Waals surface area (Å²) in [6.45, 7) is 0. The molecule has 188 valence electrons. The summed E-state index contributed by atoms with van der Waals surface area (Å²) in [6, 6.07) is 17.1. The molecular weight excluding hydrogens is 496 g/mol. The van der Waals surface area contributed by atoms with Crippen LogP contribution in [-0.2, 0) is 0 Å². The fraction of sp³-hybridized carbons (Fsp3) is 0.148. The number of aromatic nitrogens is 1. The zero-order valence-electron chi connectivity index (χ0n) is 19.7. The molecular formula is C27H23ClN4O5. The van der Waals surface area contributed by atoms with E-state index in [-0.39, 0.29) is 16.6 Å². The van der Waals surface area contributed by atoms with E-state index in [1.165, 1.54) is 7.11 Å². The second-order valence-corrected chi connectivity index (χ2v) is 8.98. The first-order chi connectivity index (χ1) is 17.8. The maximum Gasteiger partial charge on any atom is 0.417 e. The molecule has 1 saturated carbocycles. The molecule has 0 aliphatic heterocycles. The third-order valence-corrected chi connectivity index (χ3v) is 6.36.